The Bertz CT molecular complexity index is 1000. The second-order valence-electron chi connectivity index (χ2n) is 5.44. The number of aromatic hydroxyl groups is 2. The quantitative estimate of drug-likeness (QED) is 0.493. The number of esters is 1. The maximum Gasteiger partial charge on any atom is 0.342 e. The molecular weight excluding hydrogens is 341 g/mol. The van der Waals surface area contributed by atoms with Crippen LogP contribution in [0.1, 0.15) is 10.4 Å². The predicted molar refractivity (Wildman–Crippen MR) is 92.6 cm³/mol. The number of halogens is 1. The molecule has 0 saturated heterocycles. The van der Waals surface area contributed by atoms with Gasteiger partial charge in [0.25, 0.3) is 5.91 Å². The Hall–Kier alpha value is -3.61. The van der Waals surface area contributed by atoms with Gasteiger partial charge >= 0.3 is 5.97 Å². The zero-order valence-electron chi connectivity index (χ0n) is 13.4. The topological polar surface area (TPSA) is 95.9 Å². The van der Waals surface area contributed by atoms with Crippen molar-refractivity contribution < 1.29 is 28.9 Å². The number of benzene rings is 3. The van der Waals surface area contributed by atoms with Gasteiger partial charge in [-0.05, 0) is 18.2 Å². The summed E-state index contributed by atoms with van der Waals surface area (Å²) in [6, 6.07) is 13.0. The summed E-state index contributed by atoms with van der Waals surface area (Å²) in [5.41, 5.74) is -0.320. The third kappa shape index (κ3) is 3.41. The number of hydrogen-bond donors (Lipinski definition) is 3. The van der Waals surface area contributed by atoms with Gasteiger partial charge < -0.3 is 20.3 Å². The summed E-state index contributed by atoms with van der Waals surface area (Å²) in [6.07, 6.45) is 0. The van der Waals surface area contributed by atoms with E-state index >= 15 is 0 Å². The fraction of sp³-hybridized carbons (Fsp3) is 0.0526. The number of carbonyl (C=O) groups is 2. The smallest absolute Gasteiger partial charge is 0.342 e. The van der Waals surface area contributed by atoms with Gasteiger partial charge in [-0.25, -0.2) is 9.18 Å². The number of anilines is 1. The Kier molecular flexibility index (Phi) is 4.70. The van der Waals surface area contributed by atoms with Crippen LogP contribution in [-0.2, 0) is 9.53 Å². The number of phenols is 2. The second-order valence-corrected chi connectivity index (χ2v) is 5.44. The van der Waals surface area contributed by atoms with Crippen molar-refractivity contribution in [3.63, 3.8) is 0 Å². The Labute approximate surface area is 147 Å². The zero-order valence-corrected chi connectivity index (χ0v) is 13.4. The second kappa shape index (κ2) is 7.10. The van der Waals surface area contributed by atoms with Crippen molar-refractivity contribution >= 4 is 28.3 Å². The van der Waals surface area contributed by atoms with Crippen LogP contribution >= 0.6 is 0 Å². The van der Waals surface area contributed by atoms with Crippen LogP contribution in [0.25, 0.3) is 10.8 Å². The summed E-state index contributed by atoms with van der Waals surface area (Å²) in [4.78, 5) is 23.9. The van der Waals surface area contributed by atoms with Crippen molar-refractivity contribution in [3.05, 3.63) is 66.0 Å². The molecule has 0 heterocycles. The van der Waals surface area contributed by atoms with E-state index in [1.807, 2.05) is 0 Å². The highest BCUT2D eigenvalue weighted by molar-refractivity contribution is 6.04. The van der Waals surface area contributed by atoms with E-state index in [-0.39, 0.29) is 28.1 Å². The molecule has 3 N–H and O–H groups in total. The maximum absolute atomic E-state index is 13.5. The van der Waals surface area contributed by atoms with Gasteiger partial charge in [0.1, 0.15) is 22.9 Å². The molecule has 0 spiro atoms. The van der Waals surface area contributed by atoms with Crippen LogP contribution in [0.4, 0.5) is 10.1 Å². The highest BCUT2D eigenvalue weighted by Crippen LogP contribution is 2.35. The van der Waals surface area contributed by atoms with E-state index in [0.717, 1.165) is 6.07 Å². The number of hydrogen-bond acceptors (Lipinski definition) is 5. The lowest BCUT2D eigenvalue weighted by Crippen LogP contribution is -2.21. The first-order chi connectivity index (χ1) is 12.5. The third-order valence-electron chi connectivity index (χ3n) is 3.70. The SMILES string of the molecule is O=C(COC(=O)c1cc(O)c2ccccc2c1O)Nc1ccccc1F. The summed E-state index contributed by atoms with van der Waals surface area (Å²) >= 11 is 0. The van der Waals surface area contributed by atoms with Crippen molar-refractivity contribution in [3.8, 4) is 11.5 Å². The number of fused-ring (bicyclic) bond motifs is 1. The zero-order chi connectivity index (χ0) is 18.7. The molecule has 0 aliphatic carbocycles. The lowest BCUT2D eigenvalue weighted by Gasteiger charge is -2.10. The molecule has 0 bridgehead atoms. The van der Waals surface area contributed by atoms with Crippen LogP contribution in [0.3, 0.4) is 0 Å². The number of phenolic OH excluding ortho intramolecular Hbond substituents is 2. The van der Waals surface area contributed by atoms with Gasteiger partial charge in [-0.15, -0.1) is 0 Å². The van der Waals surface area contributed by atoms with Gasteiger partial charge in [0.2, 0.25) is 0 Å². The van der Waals surface area contributed by atoms with Crippen LogP contribution in [0.5, 0.6) is 11.5 Å². The maximum atomic E-state index is 13.5. The van der Waals surface area contributed by atoms with Crippen LogP contribution in [0.15, 0.2) is 54.6 Å². The number of rotatable bonds is 4. The van der Waals surface area contributed by atoms with E-state index in [4.69, 9.17) is 4.74 Å². The molecule has 0 saturated carbocycles. The lowest BCUT2D eigenvalue weighted by atomic mass is 10.0. The minimum absolute atomic E-state index is 0.0419. The molecule has 0 aliphatic rings. The number of para-hydroxylation sites is 1. The van der Waals surface area contributed by atoms with E-state index < -0.39 is 24.3 Å². The van der Waals surface area contributed by atoms with E-state index in [0.29, 0.717) is 5.39 Å². The Balaban J connectivity index is 1.72. The third-order valence-corrected chi connectivity index (χ3v) is 3.70. The van der Waals surface area contributed by atoms with Gasteiger partial charge in [-0.1, -0.05) is 36.4 Å². The highest BCUT2D eigenvalue weighted by Gasteiger charge is 2.19. The monoisotopic (exact) mass is 355 g/mol. The minimum Gasteiger partial charge on any atom is -0.507 e. The van der Waals surface area contributed by atoms with Crippen LogP contribution in [0.2, 0.25) is 0 Å². The molecule has 1 amide bonds. The summed E-state index contributed by atoms with van der Waals surface area (Å²) in [7, 11) is 0. The van der Waals surface area contributed by atoms with E-state index in [2.05, 4.69) is 5.32 Å². The van der Waals surface area contributed by atoms with Crippen LogP contribution in [-0.4, -0.2) is 28.7 Å². The summed E-state index contributed by atoms with van der Waals surface area (Å²) in [5.74, 6) is -2.93. The fourth-order valence-corrected chi connectivity index (χ4v) is 2.45. The largest absolute Gasteiger partial charge is 0.507 e. The Morgan fingerprint density at radius 2 is 1.65 bits per heavy atom. The van der Waals surface area contributed by atoms with Gasteiger partial charge in [0, 0.05) is 10.8 Å². The molecule has 132 valence electrons. The van der Waals surface area contributed by atoms with Crippen molar-refractivity contribution in [2.45, 2.75) is 0 Å². The standard InChI is InChI=1S/C19H14FNO5/c20-14-7-3-4-8-15(14)21-17(23)10-26-19(25)13-9-16(22)11-5-1-2-6-12(11)18(13)24/h1-9,22,24H,10H2,(H,21,23). The predicted octanol–water partition coefficient (Wildman–Crippen LogP) is 3.19. The molecule has 0 atom stereocenters. The van der Waals surface area contributed by atoms with Crippen molar-refractivity contribution in [1.82, 2.24) is 0 Å². The number of nitrogens with one attached hydrogen (secondary N) is 1. The summed E-state index contributed by atoms with van der Waals surface area (Å²) < 4.78 is 18.3. The summed E-state index contributed by atoms with van der Waals surface area (Å²) in [5, 5.41) is 23.1. The van der Waals surface area contributed by atoms with Gasteiger partial charge in [0.05, 0.1) is 5.69 Å². The fourth-order valence-electron chi connectivity index (χ4n) is 2.45. The first-order valence-electron chi connectivity index (χ1n) is 7.62. The van der Waals surface area contributed by atoms with E-state index in [9.17, 15) is 24.2 Å². The van der Waals surface area contributed by atoms with Crippen molar-refractivity contribution in [2.75, 3.05) is 11.9 Å². The Morgan fingerprint density at radius 3 is 2.38 bits per heavy atom. The molecule has 7 heteroatoms. The average Bonchev–Trinajstić information content (AvgIpc) is 2.64. The number of ether oxygens (including phenoxy) is 1. The lowest BCUT2D eigenvalue weighted by molar-refractivity contribution is -0.119. The number of amides is 1. The summed E-state index contributed by atoms with van der Waals surface area (Å²) in [6.45, 7) is -0.680. The minimum atomic E-state index is -0.993. The molecule has 3 aromatic rings. The highest BCUT2D eigenvalue weighted by atomic mass is 19.1. The van der Waals surface area contributed by atoms with Crippen molar-refractivity contribution in [2.24, 2.45) is 0 Å². The molecule has 0 aromatic heterocycles. The van der Waals surface area contributed by atoms with E-state index in [1.54, 1.807) is 24.3 Å². The molecule has 6 nitrogen and oxygen atoms in total. The van der Waals surface area contributed by atoms with Gasteiger partial charge in [0.15, 0.2) is 6.61 Å². The van der Waals surface area contributed by atoms with Crippen LogP contribution < -0.4 is 5.32 Å². The molecule has 3 rings (SSSR count). The number of carbonyl (C=O) groups excluding carboxylic acids is 2. The van der Waals surface area contributed by atoms with Crippen LogP contribution in [0, 0.1) is 5.82 Å². The normalized spacial score (nSPS) is 10.5. The Morgan fingerprint density at radius 1 is 1.00 bits per heavy atom. The molecule has 26 heavy (non-hydrogen) atoms. The van der Waals surface area contributed by atoms with E-state index in [1.165, 1.54) is 24.3 Å². The van der Waals surface area contributed by atoms with Crippen molar-refractivity contribution in [1.29, 1.82) is 0 Å². The molecule has 0 radical (unpaired) electrons. The molecular formula is C19H14FNO5. The average molecular weight is 355 g/mol. The molecule has 0 aliphatic heterocycles. The first-order valence-corrected chi connectivity index (χ1v) is 7.62. The van der Waals surface area contributed by atoms with Gasteiger partial charge in [-0.2, -0.15) is 0 Å². The molecule has 3 aromatic carbocycles. The van der Waals surface area contributed by atoms with Gasteiger partial charge in [-0.3, -0.25) is 4.79 Å². The molecule has 0 fully saturated rings. The first kappa shape index (κ1) is 17.2. The molecule has 0 unspecified atom stereocenters.